The summed E-state index contributed by atoms with van der Waals surface area (Å²) in [6.45, 7) is 0. The summed E-state index contributed by atoms with van der Waals surface area (Å²) in [7, 11) is 0. The highest BCUT2D eigenvalue weighted by Gasteiger charge is 2.36. The third kappa shape index (κ3) is 2.10. The summed E-state index contributed by atoms with van der Waals surface area (Å²) in [6, 6.07) is 1.63. The van der Waals surface area contributed by atoms with Gasteiger partial charge in [-0.25, -0.2) is 0 Å². The van der Waals surface area contributed by atoms with E-state index in [2.05, 4.69) is 10.5 Å². The largest absolute Gasteiger partial charge is 0.481 e. The van der Waals surface area contributed by atoms with Crippen molar-refractivity contribution < 1.29 is 19.2 Å². The van der Waals surface area contributed by atoms with Crippen LogP contribution in [0.3, 0.4) is 0 Å². The molecular formula is C12H14N2O4. The van der Waals surface area contributed by atoms with Gasteiger partial charge < -0.3 is 14.9 Å². The number of carboxylic acids is 1. The lowest BCUT2D eigenvalue weighted by Crippen LogP contribution is -2.46. The van der Waals surface area contributed by atoms with Crippen molar-refractivity contribution in [2.24, 2.45) is 5.92 Å². The molecule has 1 aromatic rings. The second-order valence-corrected chi connectivity index (χ2v) is 5.07. The monoisotopic (exact) mass is 250 g/mol. The fourth-order valence-electron chi connectivity index (χ4n) is 2.15. The lowest BCUT2D eigenvalue weighted by molar-refractivity contribution is -0.145. The van der Waals surface area contributed by atoms with E-state index in [4.69, 9.17) is 9.63 Å². The van der Waals surface area contributed by atoms with Gasteiger partial charge in [0.2, 0.25) is 0 Å². The van der Waals surface area contributed by atoms with Crippen LogP contribution in [0.5, 0.6) is 0 Å². The van der Waals surface area contributed by atoms with Crippen molar-refractivity contribution in [3.8, 4) is 0 Å². The van der Waals surface area contributed by atoms with Gasteiger partial charge >= 0.3 is 5.97 Å². The summed E-state index contributed by atoms with van der Waals surface area (Å²) in [5.74, 6) is -0.191. The zero-order chi connectivity index (χ0) is 12.7. The molecule has 0 atom stereocenters. The summed E-state index contributed by atoms with van der Waals surface area (Å²) >= 11 is 0. The van der Waals surface area contributed by atoms with Gasteiger partial charge in [0.05, 0.1) is 5.92 Å². The van der Waals surface area contributed by atoms with E-state index < -0.39 is 5.97 Å². The number of hydrogen-bond acceptors (Lipinski definition) is 4. The van der Waals surface area contributed by atoms with Crippen LogP contribution in [-0.4, -0.2) is 28.2 Å². The number of aliphatic carboxylic acids is 1. The first-order valence-corrected chi connectivity index (χ1v) is 6.14. The molecule has 0 aliphatic heterocycles. The maximum Gasteiger partial charge on any atom is 0.306 e. The standard InChI is InChI=1S/C12H14N2O4/c15-11(13-8-3-7(4-8)12(16)17)9-5-10(18-14-9)6-1-2-6/h5-8H,1-4H2,(H,13,15)(H,16,17). The molecule has 1 aromatic heterocycles. The Labute approximate surface area is 103 Å². The Hall–Kier alpha value is -1.85. The van der Waals surface area contributed by atoms with Crippen LogP contribution < -0.4 is 5.32 Å². The van der Waals surface area contributed by atoms with E-state index in [1.807, 2.05) is 0 Å². The van der Waals surface area contributed by atoms with Gasteiger partial charge in [0.25, 0.3) is 5.91 Å². The SMILES string of the molecule is O=C(NC1CC(C(=O)O)C1)c1cc(C2CC2)on1. The van der Waals surface area contributed by atoms with Gasteiger partial charge in [0, 0.05) is 18.0 Å². The van der Waals surface area contributed by atoms with Gasteiger partial charge in [0.1, 0.15) is 5.76 Å². The number of carbonyl (C=O) groups excluding carboxylic acids is 1. The zero-order valence-electron chi connectivity index (χ0n) is 9.76. The summed E-state index contributed by atoms with van der Waals surface area (Å²) in [5.41, 5.74) is 0.288. The molecule has 18 heavy (non-hydrogen) atoms. The van der Waals surface area contributed by atoms with Crippen molar-refractivity contribution in [2.45, 2.75) is 37.6 Å². The fourth-order valence-corrected chi connectivity index (χ4v) is 2.15. The van der Waals surface area contributed by atoms with E-state index >= 15 is 0 Å². The number of aromatic nitrogens is 1. The van der Waals surface area contributed by atoms with E-state index in [1.165, 1.54) is 0 Å². The molecule has 6 heteroatoms. The molecule has 0 spiro atoms. The van der Waals surface area contributed by atoms with Gasteiger partial charge in [-0.3, -0.25) is 9.59 Å². The Kier molecular flexibility index (Phi) is 2.57. The summed E-state index contributed by atoms with van der Waals surface area (Å²) in [5, 5.41) is 15.2. The third-order valence-electron chi connectivity index (χ3n) is 3.56. The minimum absolute atomic E-state index is 0.0559. The maximum absolute atomic E-state index is 11.8. The molecule has 2 aliphatic rings. The number of hydrogen-bond donors (Lipinski definition) is 2. The van der Waals surface area contributed by atoms with E-state index in [1.54, 1.807) is 6.07 Å². The smallest absolute Gasteiger partial charge is 0.306 e. The molecule has 6 nitrogen and oxygen atoms in total. The van der Waals surface area contributed by atoms with Crippen LogP contribution in [0.25, 0.3) is 0 Å². The predicted molar refractivity (Wildman–Crippen MR) is 60.1 cm³/mol. The van der Waals surface area contributed by atoms with Crippen molar-refractivity contribution in [3.05, 3.63) is 17.5 Å². The molecule has 2 aliphatic carbocycles. The average molecular weight is 250 g/mol. The van der Waals surface area contributed by atoms with E-state index in [0.29, 0.717) is 18.8 Å². The van der Waals surface area contributed by atoms with Gasteiger partial charge in [-0.05, 0) is 25.7 Å². The number of carbonyl (C=O) groups is 2. The van der Waals surface area contributed by atoms with Crippen LogP contribution >= 0.6 is 0 Å². The number of rotatable bonds is 4. The Morgan fingerprint density at radius 3 is 2.72 bits per heavy atom. The Balaban J connectivity index is 1.53. The van der Waals surface area contributed by atoms with E-state index in [9.17, 15) is 9.59 Å². The van der Waals surface area contributed by atoms with Crippen molar-refractivity contribution in [1.29, 1.82) is 0 Å². The highest BCUT2D eigenvalue weighted by molar-refractivity contribution is 5.92. The lowest BCUT2D eigenvalue weighted by atomic mass is 9.80. The van der Waals surface area contributed by atoms with Crippen LogP contribution in [0.4, 0.5) is 0 Å². The maximum atomic E-state index is 11.8. The quantitative estimate of drug-likeness (QED) is 0.836. The molecule has 2 N–H and O–H groups in total. The topological polar surface area (TPSA) is 92.4 Å². The van der Waals surface area contributed by atoms with Gasteiger partial charge in [-0.1, -0.05) is 5.16 Å². The molecule has 96 valence electrons. The second kappa shape index (κ2) is 4.12. The molecule has 2 fully saturated rings. The molecule has 0 unspecified atom stereocenters. The molecule has 1 heterocycles. The highest BCUT2D eigenvalue weighted by Crippen LogP contribution is 2.40. The normalized spacial score (nSPS) is 26.4. The lowest BCUT2D eigenvalue weighted by Gasteiger charge is -2.32. The van der Waals surface area contributed by atoms with Crippen molar-refractivity contribution in [1.82, 2.24) is 10.5 Å². The number of nitrogens with zero attached hydrogens (tertiary/aromatic N) is 1. The fraction of sp³-hybridized carbons (Fsp3) is 0.583. The van der Waals surface area contributed by atoms with Crippen molar-refractivity contribution in [3.63, 3.8) is 0 Å². The summed E-state index contributed by atoms with van der Waals surface area (Å²) in [4.78, 5) is 22.4. The van der Waals surface area contributed by atoms with Gasteiger partial charge in [0.15, 0.2) is 5.69 Å². The molecule has 1 amide bonds. The Bertz CT molecular complexity index is 486. The van der Waals surface area contributed by atoms with Crippen LogP contribution in [0, 0.1) is 5.92 Å². The molecule has 2 saturated carbocycles. The van der Waals surface area contributed by atoms with Crippen molar-refractivity contribution >= 4 is 11.9 Å². The first-order chi connectivity index (χ1) is 8.63. The van der Waals surface area contributed by atoms with E-state index in [-0.39, 0.29) is 23.6 Å². The molecule has 3 rings (SSSR count). The molecule has 0 radical (unpaired) electrons. The zero-order valence-corrected chi connectivity index (χ0v) is 9.76. The highest BCUT2D eigenvalue weighted by atomic mass is 16.5. The van der Waals surface area contributed by atoms with Crippen LogP contribution in [0.1, 0.15) is 47.8 Å². The number of carboxylic acid groups (broad SMARTS) is 1. The Morgan fingerprint density at radius 1 is 1.39 bits per heavy atom. The second-order valence-electron chi connectivity index (χ2n) is 5.07. The third-order valence-corrected chi connectivity index (χ3v) is 3.56. The van der Waals surface area contributed by atoms with Gasteiger partial charge in [-0.15, -0.1) is 0 Å². The number of amides is 1. The van der Waals surface area contributed by atoms with Crippen LogP contribution in [0.2, 0.25) is 0 Å². The van der Waals surface area contributed by atoms with Crippen molar-refractivity contribution in [2.75, 3.05) is 0 Å². The summed E-state index contributed by atoms with van der Waals surface area (Å²) < 4.78 is 5.10. The first-order valence-electron chi connectivity index (χ1n) is 6.14. The molecule has 0 aromatic carbocycles. The minimum Gasteiger partial charge on any atom is -0.481 e. The van der Waals surface area contributed by atoms with Gasteiger partial charge in [-0.2, -0.15) is 0 Å². The molecule has 0 saturated heterocycles. The summed E-state index contributed by atoms with van der Waals surface area (Å²) in [6.07, 6.45) is 3.18. The molecular weight excluding hydrogens is 236 g/mol. The first kappa shape index (κ1) is 11.3. The Morgan fingerprint density at radius 2 is 2.11 bits per heavy atom. The van der Waals surface area contributed by atoms with Crippen LogP contribution in [-0.2, 0) is 4.79 Å². The molecule has 0 bridgehead atoms. The average Bonchev–Trinajstić information content (AvgIpc) is 3.00. The number of nitrogens with one attached hydrogen (secondary N) is 1. The van der Waals surface area contributed by atoms with E-state index in [0.717, 1.165) is 18.6 Å². The minimum atomic E-state index is -0.794. The predicted octanol–water partition coefficient (Wildman–Crippen LogP) is 1.14. The van der Waals surface area contributed by atoms with Crippen LogP contribution in [0.15, 0.2) is 10.6 Å².